The van der Waals surface area contributed by atoms with Crippen molar-refractivity contribution in [3.63, 3.8) is 0 Å². The molecule has 0 aliphatic rings. The van der Waals surface area contributed by atoms with Gasteiger partial charge in [-0.3, -0.25) is 13.9 Å². The molecule has 1 atom stereocenters. The van der Waals surface area contributed by atoms with Crippen molar-refractivity contribution in [2.75, 3.05) is 17.4 Å². The van der Waals surface area contributed by atoms with Gasteiger partial charge in [-0.2, -0.15) is 0 Å². The van der Waals surface area contributed by atoms with Crippen LogP contribution in [0.3, 0.4) is 0 Å². The molecule has 4 aromatic rings. The van der Waals surface area contributed by atoms with Crippen molar-refractivity contribution in [1.82, 2.24) is 10.2 Å². The highest BCUT2D eigenvalue weighted by Gasteiger charge is 2.35. The van der Waals surface area contributed by atoms with Crippen LogP contribution in [0.2, 0.25) is 5.02 Å². The standard InChI is InChI=1S/C35H37ClFN3O4S/c1-25(2)22-38-35(42)33(20-27-10-5-4-6-11-27)39(23-28-12-7-8-15-32(28)37)34(41)24-40(30-14-9-13-29(36)21-30)45(43,44)31-18-16-26(3)17-19-31/h4-19,21,25,33H,20,22-24H2,1-3H3,(H,38,42)/t33-/m0/s1. The number of aryl methyl sites for hydroxylation is 1. The molecule has 10 heteroatoms. The van der Waals surface area contributed by atoms with Gasteiger partial charge in [0.05, 0.1) is 10.6 Å². The van der Waals surface area contributed by atoms with E-state index in [9.17, 15) is 18.0 Å². The van der Waals surface area contributed by atoms with Gasteiger partial charge in [-0.15, -0.1) is 0 Å². The highest BCUT2D eigenvalue weighted by atomic mass is 35.5. The summed E-state index contributed by atoms with van der Waals surface area (Å²) in [6.45, 7) is 5.19. The number of hydrogen-bond donors (Lipinski definition) is 1. The lowest BCUT2D eigenvalue weighted by Crippen LogP contribution is -2.53. The Balaban J connectivity index is 1.81. The van der Waals surface area contributed by atoms with Crippen LogP contribution in [0, 0.1) is 18.7 Å². The van der Waals surface area contributed by atoms with Gasteiger partial charge in [0.2, 0.25) is 11.8 Å². The number of halogens is 2. The molecule has 45 heavy (non-hydrogen) atoms. The van der Waals surface area contributed by atoms with Gasteiger partial charge in [-0.05, 0) is 54.8 Å². The van der Waals surface area contributed by atoms with E-state index in [4.69, 9.17) is 11.6 Å². The number of sulfonamides is 1. The van der Waals surface area contributed by atoms with Gasteiger partial charge in [0, 0.05) is 30.1 Å². The first kappa shape index (κ1) is 33.7. The van der Waals surface area contributed by atoms with Crippen molar-refractivity contribution in [2.45, 2.75) is 44.7 Å². The lowest BCUT2D eigenvalue weighted by Gasteiger charge is -2.34. The van der Waals surface area contributed by atoms with Crippen molar-refractivity contribution < 1.29 is 22.4 Å². The molecule has 2 amide bonds. The lowest BCUT2D eigenvalue weighted by atomic mass is 10.0. The van der Waals surface area contributed by atoms with Crippen LogP contribution in [-0.4, -0.2) is 44.3 Å². The first-order valence-corrected chi connectivity index (χ1v) is 16.5. The van der Waals surface area contributed by atoms with E-state index in [-0.39, 0.29) is 40.1 Å². The first-order chi connectivity index (χ1) is 21.5. The third-order valence-corrected chi connectivity index (χ3v) is 9.26. The minimum atomic E-state index is -4.27. The Morgan fingerprint density at radius 2 is 1.56 bits per heavy atom. The molecule has 0 saturated heterocycles. The van der Waals surface area contributed by atoms with Gasteiger partial charge >= 0.3 is 0 Å². The molecular formula is C35H37ClFN3O4S. The van der Waals surface area contributed by atoms with Crippen LogP contribution in [0.15, 0.2) is 108 Å². The van der Waals surface area contributed by atoms with Crippen LogP contribution in [0.5, 0.6) is 0 Å². The Morgan fingerprint density at radius 1 is 0.889 bits per heavy atom. The fraction of sp³-hybridized carbons (Fsp3) is 0.257. The predicted molar refractivity (Wildman–Crippen MR) is 176 cm³/mol. The van der Waals surface area contributed by atoms with Crippen LogP contribution in [-0.2, 0) is 32.6 Å². The Kier molecular flexibility index (Phi) is 11.4. The van der Waals surface area contributed by atoms with Gasteiger partial charge in [-0.25, -0.2) is 12.8 Å². The van der Waals surface area contributed by atoms with Gasteiger partial charge in [0.15, 0.2) is 0 Å². The summed E-state index contributed by atoms with van der Waals surface area (Å²) in [4.78, 5) is 29.4. The summed E-state index contributed by atoms with van der Waals surface area (Å²) in [6.07, 6.45) is 0.132. The molecule has 0 radical (unpaired) electrons. The minimum Gasteiger partial charge on any atom is -0.354 e. The summed E-state index contributed by atoms with van der Waals surface area (Å²) >= 11 is 6.26. The Hall–Kier alpha value is -4.21. The quantitative estimate of drug-likeness (QED) is 0.182. The topological polar surface area (TPSA) is 86.8 Å². The van der Waals surface area contributed by atoms with Crippen LogP contribution in [0.1, 0.15) is 30.5 Å². The van der Waals surface area contributed by atoms with E-state index < -0.39 is 40.2 Å². The van der Waals surface area contributed by atoms with E-state index in [0.29, 0.717) is 6.54 Å². The number of carbonyl (C=O) groups excluding carboxylic acids is 2. The monoisotopic (exact) mass is 649 g/mol. The van der Waals surface area contributed by atoms with Gasteiger partial charge in [0.25, 0.3) is 10.0 Å². The molecule has 0 aliphatic heterocycles. The van der Waals surface area contributed by atoms with Crippen molar-refractivity contribution in [3.05, 3.63) is 131 Å². The van der Waals surface area contributed by atoms with E-state index in [1.807, 2.05) is 51.1 Å². The molecule has 0 saturated carbocycles. The van der Waals surface area contributed by atoms with E-state index in [0.717, 1.165) is 15.4 Å². The Labute approximate surface area is 269 Å². The number of nitrogens with zero attached hydrogens (tertiary/aromatic N) is 2. The fourth-order valence-electron chi connectivity index (χ4n) is 4.78. The zero-order chi connectivity index (χ0) is 32.6. The number of nitrogens with one attached hydrogen (secondary N) is 1. The average molecular weight is 650 g/mol. The summed E-state index contributed by atoms with van der Waals surface area (Å²) in [5.74, 6) is -1.52. The fourth-order valence-corrected chi connectivity index (χ4v) is 6.37. The Morgan fingerprint density at radius 3 is 2.20 bits per heavy atom. The smallest absolute Gasteiger partial charge is 0.264 e. The normalized spacial score (nSPS) is 12.0. The van der Waals surface area contributed by atoms with Crippen LogP contribution >= 0.6 is 11.6 Å². The van der Waals surface area contributed by atoms with E-state index in [2.05, 4.69) is 5.32 Å². The van der Waals surface area contributed by atoms with E-state index in [1.165, 1.54) is 35.2 Å². The zero-order valence-corrected chi connectivity index (χ0v) is 27.1. The van der Waals surface area contributed by atoms with Crippen molar-refractivity contribution >= 4 is 39.1 Å². The lowest BCUT2D eigenvalue weighted by molar-refractivity contribution is -0.140. The largest absolute Gasteiger partial charge is 0.354 e. The van der Waals surface area contributed by atoms with Crippen molar-refractivity contribution in [3.8, 4) is 0 Å². The number of rotatable bonds is 13. The zero-order valence-electron chi connectivity index (χ0n) is 25.5. The summed E-state index contributed by atoms with van der Waals surface area (Å²) in [6, 6.07) is 26.6. The maximum atomic E-state index is 15.0. The summed E-state index contributed by atoms with van der Waals surface area (Å²) < 4.78 is 44.1. The molecule has 236 valence electrons. The van der Waals surface area contributed by atoms with Crippen molar-refractivity contribution in [2.24, 2.45) is 5.92 Å². The molecule has 0 aromatic heterocycles. The van der Waals surface area contributed by atoms with Crippen molar-refractivity contribution in [1.29, 1.82) is 0 Å². The molecule has 0 spiro atoms. The SMILES string of the molecule is Cc1ccc(S(=O)(=O)N(CC(=O)N(Cc2ccccc2F)[C@@H](Cc2ccccc2)C(=O)NCC(C)C)c2cccc(Cl)c2)cc1. The molecule has 7 nitrogen and oxygen atoms in total. The highest BCUT2D eigenvalue weighted by Crippen LogP contribution is 2.27. The predicted octanol–water partition coefficient (Wildman–Crippen LogP) is 6.40. The van der Waals surface area contributed by atoms with Crippen LogP contribution in [0.25, 0.3) is 0 Å². The number of benzene rings is 4. The number of hydrogen-bond acceptors (Lipinski definition) is 4. The molecule has 1 N–H and O–H groups in total. The summed E-state index contributed by atoms with van der Waals surface area (Å²) in [5, 5.41) is 3.20. The second-order valence-electron chi connectivity index (χ2n) is 11.3. The van der Waals surface area contributed by atoms with E-state index >= 15 is 4.39 Å². The summed E-state index contributed by atoms with van der Waals surface area (Å²) in [7, 11) is -4.27. The molecular weight excluding hydrogens is 613 g/mol. The van der Waals surface area contributed by atoms with Gasteiger partial charge in [-0.1, -0.05) is 97.7 Å². The number of anilines is 1. The van der Waals surface area contributed by atoms with Crippen LogP contribution in [0.4, 0.5) is 10.1 Å². The molecule has 0 heterocycles. The maximum absolute atomic E-state index is 15.0. The van der Waals surface area contributed by atoms with Gasteiger partial charge in [0.1, 0.15) is 18.4 Å². The minimum absolute atomic E-state index is 0.0166. The molecule has 4 rings (SSSR count). The molecule has 0 fully saturated rings. The maximum Gasteiger partial charge on any atom is 0.264 e. The molecule has 0 unspecified atom stereocenters. The first-order valence-electron chi connectivity index (χ1n) is 14.6. The second kappa shape index (κ2) is 15.2. The van der Waals surface area contributed by atoms with Gasteiger partial charge < -0.3 is 10.2 Å². The molecule has 0 aliphatic carbocycles. The third kappa shape index (κ3) is 8.93. The second-order valence-corrected chi connectivity index (χ2v) is 13.6. The molecule has 4 aromatic carbocycles. The number of amides is 2. The van der Waals surface area contributed by atoms with E-state index in [1.54, 1.807) is 42.5 Å². The third-order valence-electron chi connectivity index (χ3n) is 7.24. The Bertz CT molecular complexity index is 1720. The highest BCUT2D eigenvalue weighted by molar-refractivity contribution is 7.92. The molecule has 0 bridgehead atoms. The average Bonchev–Trinajstić information content (AvgIpc) is 3.01. The summed E-state index contributed by atoms with van der Waals surface area (Å²) in [5.41, 5.74) is 2.02. The van der Waals surface area contributed by atoms with Crippen LogP contribution < -0.4 is 9.62 Å². The number of carbonyl (C=O) groups is 2.